The Kier molecular flexibility index (Phi) is 4.51. The largest absolute Gasteiger partial charge is 0.488 e. The number of hydrogen-bond acceptors (Lipinski definition) is 3. The van der Waals surface area contributed by atoms with Crippen molar-refractivity contribution in [1.82, 2.24) is 0 Å². The fourth-order valence-corrected chi connectivity index (χ4v) is 1.87. The summed E-state index contributed by atoms with van der Waals surface area (Å²) in [5, 5.41) is 18.3. The molecule has 0 saturated heterocycles. The molecule has 0 spiro atoms. The summed E-state index contributed by atoms with van der Waals surface area (Å²) in [5.74, 6) is -0.910. The molecule has 0 fully saturated rings. The lowest BCUT2D eigenvalue weighted by atomic mass is 10.1. The number of nitrogens with zero attached hydrogens (tertiary/aromatic N) is 1. The van der Waals surface area contributed by atoms with Crippen molar-refractivity contribution in [1.29, 1.82) is 5.26 Å². The highest BCUT2D eigenvalue weighted by Crippen LogP contribution is 2.27. The van der Waals surface area contributed by atoms with Crippen molar-refractivity contribution in [2.75, 3.05) is 0 Å². The topological polar surface area (TPSA) is 53.2 Å². The molecule has 2 aromatic carbocycles. The van der Waals surface area contributed by atoms with Gasteiger partial charge in [0, 0.05) is 17.2 Å². The summed E-state index contributed by atoms with van der Waals surface area (Å²) in [4.78, 5) is 0. The molecular formula is C16H13F2NO2. The molecule has 0 radical (unpaired) electrons. The van der Waals surface area contributed by atoms with Crippen molar-refractivity contribution in [3.8, 4) is 11.8 Å². The maximum Gasteiger partial charge on any atom is 0.131 e. The van der Waals surface area contributed by atoms with E-state index in [1.54, 1.807) is 0 Å². The van der Waals surface area contributed by atoms with Crippen LogP contribution >= 0.6 is 0 Å². The highest BCUT2D eigenvalue weighted by atomic mass is 19.1. The van der Waals surface area contributed by atoms with Gasteiger partial charge in [-0.1, -0.05) is 6.07 Å². The van der Waals surface area contributed by atoms with Gasteiger partial charge in [0.05, 0.1) is 17.7 Å². The van der Waals surface area contributed by atoms with Crippen LogP contribution in [0.2, 0.25) is 0 Å². The van der Waals surface area contributed by atoms with E-state index in [-0.39, 0.29) is 23.5 Å². The minimum Gasteiger partial charge on any atom is -0.488 e. The molecule has 0 aliphatic rings. The third-order valence-corrected chi connectivity index (χ3v) is 2.99. The quantitative estimate of drug-likeness (QED) is 0.937. The SMILES string of the molecule is C[C@@H](O)c1ccc(F)cc1OCc1ccc(C#N)cc1F. The summed E-state index contributed by atoms with van der Waals surface area (Å²) in [6, 6.07) is 9.65. The van der Waals surface area contributed by atoms with Crippen molar-refractivity contribution in [3.05, 3.63) is 64.7 Å². The molecule has 5 heteroatoms. The van der Waals surface area contributed by atoms with Crippen molar-refractivity contribution in [2.45, 2.75) is 19.6 Å². The molecule has 21 heavy (non-hydrogen) atoms. The molecule has 0 aliphatic carbocycles. The van der Waals surface area contributed by atoms with Crippen LogP contribution in [0, 0.1) is 23.0 Å². The Labute approximate surface area is 121 Å². The summed E-state index contributed by atoms with van der Waals surface area (Å²) in [6.07, 6.45) is -0.827. The van der Waals surface area contributed by atoms with Gasteiger partial charge < -0.3 is 9.84 Å². The highest BCUT2D eigenvalue weighted by molar-refractivity contribution is 5.36. The van der Waals surface area contributed by atoms with Crippen molar-refractivity contribution < 1.29 is 18.6 Å². The minimum atomic E-state index is -0.827. The Morgan fingerprint density at radius 3 is 2.62 bits per heavy atom. The van der Waals surface area contributed by atoms with Crippen LogP contribution in [0.4, 0.5) is 8.78 Å². The summed E-state index contributed by atoms with van der Waals surface area (Å²) in [7, 11) is 0. The molecule has 0 heterocycles. The zero-order valence-electron chi connectivity index (χ0n) is 11.3. The molecule has 1 atom stereocenters. The summed E-state index contributed by atoms with van der Waals surface area (Å²) in [6.45, 7) is 1.41. The maximum absolute atomic E-state index is 13.7. The number of aliphatic hydroxyl groups excluding tert-OH is 1. The van der Waals surface area contributed by atoms with Gasteiger partial charge in [0.2, 0.25) is 0 Å². The van der Waals surface area contributed by atoms with Crippen LogP contribution in [0.1, 0.15) is 29.7 Å². The Balaban J connectivity index is 2.20. The van der Waals surface area contributed by atoms with E-state index in [2.05, 4.69) is 0 Å². The van der Waals surface area contributed by atoms with Gasteiger partial charge in [-0.25, -0.2) is 8.78 Å². The molecule has 0 saturated carbocycles. The molecule has 0 bridgehead atoms. The van der Waals surface area contributed by atoms with Gasteiger partial charge in [-0.05, 0) is 31.2 Å². The Morgan fingerprint density at radius 1 is 1.24 bits per heavy atom. The molecule has 0 aromatic heterocycles. The minimum absolute atomic E-state index is 0.124. The number of aliphatic hydroxyl groups is 1. The molecule has 0 unspecified atom stereocenters. The first-order valence-corrected chi connectivity index (χ1v) is 6.30. The monoisotopic (exact) mass is 289 g/mol. The van der Waals surface area contributed by atoms with E-state index in [0.717, 1.165) is 12.1 Å². The first-order valence-electron chi connectivity index (χ1n) is 6.30. The average Bonchev–Trinajstić information content (AvgIpc) is 2.45. The third-order valence-electron chi connectivity index (χ3n) is 2.99. The van der Waals surface area contributed by atoms with E-state index in [4.69, 9.17) is 10.00 Å². The van der Waals surface area contributed by atoms with Crippen LogP contribution in [0.3, 0.4) is 0 Å². The van der Waals surface area contributed by atoms with E-state index in [0.29, 0.717) is 5.56 Å². The first-order chi connectivity index (χ1) is 10.0. The van der Waals surface area contributed by atoms with E-state index in [1.807, 2.05) is 6.07 Å². The number of nitriles is 1. The van der Waals surface area contributed by atoms with Crippen LogP contribution in [0.25, 0.3) is 0 Å². The molecule has 1 N–H and O–H groups in total. The lowest BCUT2D eigenvalue weighted by molar-refractivity contribution is 0.189. The smallest absolute Gasteiger partial charge is 0.131 e. The second-order valence-electron chi connectivity index (χ2n) is 4.56. The van der Waals surface area contributed by atoms with Crippen molar-refractivity contribution in [3.63, 3.8) is 0 Å². The van der Waals surface area contributed by atoms with E-state index >= 15 is 0 Å². The lowest BCUT2D eigenvalue weighted by Gasteiger charge is -2.14. The molecule has 0 aliphatic heterocycles. The third kappa shape index (κ3) is 3.56. The Bertz CT molecular complexity index is 693. The molecule has 2 aromatic rings. The average molecular weight is 289 g/mol. The summed E-state index contributed by atoms with van der Waals surface area (Å²) >= 11 is 0. The fraction of sp³-hybridized carbons (Fsp3) is 0.188. The Hall–Kier alpha value is -2.45. The van der Waals surface area contributed by atoms with E-state index in [9.17, 15) is 13.9 Å². The standard InChI is InChI=1S/C16H13F2NO2/c1-10(20)14-5-4-13(17)7-16(14)21-9-12-3-2-11(8-19)6-15(12)18/h2-7,10,20H,9H2,1H3/t10-/m1/s1. The van der Waals surface area contributed by atoms with Gasteiger partial charge in [-0.3, -0.25) is 0 Å². The number of halogens is 2. The van der Waals surface area contributed by atoms with Gasteiger partial charge in [0.15, 0.2) is 0 Å². The van der Waals surface area contributed by atoms with Crippen LogP contribution < -0.4 is 4.74 Å². The van der Waals surface area contributed by atoms with Crippen molar-refractivity contribution in [2.24, 2.45) is 0 Å². The van der Waals surface area contributed by atoms with Gasteiger partial charge >= 0.3 is 0 Å². The first kappa shape index (κ1) is 14.9. The van der Waals surface area contributed by atoms with Gasteiger partial charge in [-0.15, -0.1) is 0 Å². The molecule has 0 amide bonds. The summed E-state index contributed by atoms with van der Waals surface area (Å²) < 4.78 is 32.4. The number of benzene rings is 2. The molecule has 3 nitrogen and oxygen atoms in total. The molecule has 2 rings (SSSR count). The van der Waals surface area contributed by atoms with Gasteiger partial charge in [0.25, 0.3) is 0 Å². The molecule has 108 valence electrons. The van der Waals surface area contributed by atoms with Gasteiger partial charge in [-0.2, -0.15) is 5.26 Å². The number of rotatable bonds is 4. The molecular weight excluding hydrogens is 276 g/mol. The van der Waals surface area contributed by atoms with Crippen LogP contribution in [-0.4, -0.2) is 5.11 Å². The van der Waals surface area contributed by atoms with Crippen LogP contribution in [0.5, 0.6) is 5.75 Å². The predicted molar refractivity (Wildman–Crippen MR) is 72.5 cm³/mol. The maximum atomic E-state index is 13.7. The van der Waals surface area contributed by atoms with Crippen LogP contribution in [0.15, 0.2) is 36.4 Å². The lowest BCUT2D eigenvalue weighted by Crippen LogP contribution is -2.03. The predicted octanol–water partition coefficient (Wildman–Crippen LogP) is 3.47. The van der Waals surface area contributed by atoms with E-state index < -0.39 is 17.7 Å². The zero-order chi connectivity index (χ0) is 15.4. The number of hydrogen-bond donors (Lipinski definition) is 1. The number of ether oxygens (including phenoxy) is 1. The zero-order valence-corrected chi connectivity index (χ0v) is 11.3. The van der Waals surface area contributed by atoms with E-state index in [1.165, 1.54) is 31.2 Å². The second-order valence-corrected chi connectivity index (χ2v) is 4.56. The highest BCUT2D eigenvalue weighted by Gasteiger charge is 2.12. The normalized spacial score (nSPS) is 11.8. The second kappa shape index (κ2) is 6.33. The van der Waals surface area contributed by atoms with Gasteiger partial charge in [0.1, 0.15) is 24.0 Å². The van der Waals surface area contributed by atoms with Crippen LogP contribution in [-0.2, 0) is 6.61 Å². The van der Waals surface area contributed by atoms with Crippen molar-refractivity contribution >= 4 is 0 Å². The fourth-order valence-electron chi connectivity index (χ4n) is 1.87. The Morgan fingerprint density at radius 2 is 2.00 bits per heavy atom. The summed E-state index contributed by atoms with van der Waals surface area (Å²) in [5.41, 5.74) is 0.881.